The minimum Gasteiger partial charge on any atom is -0.507 e. The smallest absolute Gasteiger partial charge is 0.455 e. The van der Waals surface area contributed by atoms with E-state index in [2.05, 4.69) is 15.9 Å². The zero-order valence-corrected chi connectivity index (χ0v) is 28.6. The summed E-state index contributed by atoms with van der Waals surface area (Å²) < 4.78 is 13.4. The number of thiophene rings is 1. The predicted molar refractivity (Wildman–Crippen MR) is 191 cm³/mol. The molecule has 3 aromatic carbocycles. The number of hydrogen-bond donors (Lipinski definition) is 2. The molecule has 4 atom stereocenters. The van der Waals surface area contributed by atoms with E-state index in [1.165, 1.54) is 16.2 Å². The standard InChI is InChI=1S/C38H35BBrNO6S/c40-28-14-15-33(42)26(19-28)18-25(24-8-3-1-4-9-24)13-16-34-35-27(23-46-29-10-5-2-6-11-29)20-31-36(32(35)21-39(45)47-34)38(44)41(37(31)43)22-30-12-7-17-48-30/h1-12,14-15,17-19,31-32,34,36,42,45H,13,16,20-23H2/b25-18-/t31-,32+,34-,36-/m1/s1. The lowest BCUT2D eigenvalue weighted by molar-refractivity contribution is -0.140. The molecule has 2 saturated heterocycles. The number of halogens is 1. The molecule has 1 aromatic heterocycles. The molecular formula is C38H35BBrNO6S. The van der Waals surface area contributed by atoms with Gasteiger partial charge in [0.15, 0.2) is 0 Å². The first kappa shape index (κ1) is 32.6. The lowest BCUT2D eigenvalue weighted by Gasteiger charge is -2.43. The van der Waals surface area contributed by atoms with Crippen molar-refractivity contribution in [1.82, 2.24) is 4.90 Å². The van der Waals surface area contributed by atoms with Crippen LogP contribution in [0.4, 0.5) is 0 Å². The number of phenolic OH excluding ortho intramolecular Hbond substituents is 1. The maximum atomic E-state index is 14.0. The van der Waals surface area contributed by atoms with E-state index in [4.69, 9.17) is 9.39 Å². The largest absolute Gasteiger partial charge is 0.507 e. The summed E-state index contributed by atoms with van der Waals surface area (Å²) in [6, 6.07) is 28.7. The van der Waals surface area contributed by atoms with Crippen LogP contribution in [-0.2, 0) is 20.8 Å². The van der Waals surface area contributed by atoms with E-state index < -0.39 is 25.1 Å². The van der Waals surface area contributed by atoms with Crippen LogP contribution in [0.2, 0.25) is 6.32 Å². The van der Waals surface area contributed by atoms with Gasteiger partial charge < -0.3 is 19.5 Å². The maximum absolute atomic E-state index is 14.0. The van der Waals surface area contributed by atoms with Gasteiger partial charge in [-0.3, -0.25) is 14.5 Å². The number of likely N-dealkylation sites (tertiary alicyclic amines) is 1. The Labute approximate surface area is 292 Å². The highest BCUT2D eigenvalue weighted by molar-refractivity contribution is 9.10. The fourth-order valence-corrected chi connectivity index (χ4v) is 8.50. The lowest BCUT2D eigenvalue weighted by atomic mass is 9.58. The molecule has 0 radical (unpaired) electrons. The van der Waals surface area contributed by atoms with Crippen LogP contribution in [0.3, 0.4) is 0 Å². The van der Waals surface area contributed by atoms with E-state index >= 15 is 0 Å². The summed E-state index contributed by atoms with van der Waals surface area (Å²) in [6.07, 6.45) is 3.22. The first-order valence-corrected chi connectivity index (χ1v) is 17.9. The van der Waals surface area contributed by atoms with Gasteiger partial charge in [0.2, 0.25) is 11.8 Å². The van der Waals surface area contributed by atoms with Gasteiger partial charge in [-0.1, -0.05) is 70.5 Å². The number of ether oxygens (including phenoxy) is 1. The monoisotopic (exact) mass is 723 g/mol. The number of para-hydroxylation sites is 1. The fraction of sp³-hybridized carbons (Fsp3) is 0.263. The van der Waals surface area contributed by atoms with Gasteiger partial charge in [0.05, 0.1) is 24.5 Å². The number of hydrogen-bond acceptors (Lipinski definition) is 7. The molecule has 2 aliphatic heterocycles. The Bertz CT molecular complexity index is 1850. The second-order valence-electron chi connectivity index (χ2n) is 12.5. The van der Waals surface area contributed by atoms with Crippen LogP contribution in [0.25, 0.3) is 11.6 Å². The first-order valence-electron chi connectivity index (χ1n) is 16.2. The number of fused-ring (bicyclic) bond motifs is 3. The molecule has 0 unspecified atom stereocenters. The Morgan fingerprint density at radius 2 is 1.77 bits per heavy atom. The Kier molecular flexibility index (Phi) is 9.68. The highest BCUT2D eigenvalue weighted by Gasteiger charge is 2.57. The molecular weight excluding hydrogens is 689 g/mol. The van der Waals surface area contributed by atoms with E-state index in [0.29, 0.717) is 30.6 Å². The molecule has 2 amide bonds. The van der Waals surface area contributed by atoms with Crippen LogP contribution >= 0.6 is 27.3 Å². The van der Waals surface area contributed by atoms with Gasteiger partial charge in [0, 0.05) is 14.9 Å². The second kappa shape index (κ2) is 14.3. The second-order valence-corrected chi connectivity index (χ2v) is 14.5. The summed E-state index contributed by atoms with van der Waals surface area (Å²) in [5, 5.41) is 23.7. The molecule has 244 valence electrons. The molecule has 4 aromatic rings. The minimum absolute atomic E-state index is 0.157. The molecule has 7 nitrogen and oxygen atoms in total. The van der Waals surface area contributed by atoms with Gasteiger partial charge in [-0.25, -0.2) is 0 Å². The van der Waals surface area contributed by atoms with Crippen molar-refractivity contribution < 1.29 is 29.1 Å². The maximum Gasteiger partial charge on any atom is 0.455 e. The number of aromatic hydroxyl groups is 1. The van der Waals surface area contributed by atoms with Crippen molar-refractivity contribution in [3.63, 3.8) is 0 Å². The number of nitrogens with zero attached hydrogens (tertiary/aromatic N) is 1. The highest BCUT2D eigenvalue weighted by Crippen LogP contribution is 2.51. The molecule has 3 heterocycles. The number of benzene rings is 3. The van der Waals surface area contributed by atoms with Crippen LogP contribution in [0, 0.1) is 17.8 Å². The fourth-order valence-electron chi connectivity index (χ4n) is 7.43. The van der Waals surface area contributed by atoms with E-state index in [0.717, 1.165) is 31.6 Å². The highest BCUT2D eigenvalue weighted by atomic mass is 79.9. The van der Waals surface area contributed by atoms with Gasteiger partial charge in [-0.15, -0.1) is 11.3 Å². The average Bonchev–Trinajstić information content (AvgIpc) is 3.70. The SMILES string of the molecule is O=C1[C@@H]2[C@@H](CC(COc3ccccc3)=C3[C@@H](CC/C(=C/c4cc(Br)ccc4O)c4ccccc4)OB(O)C[C@@H]32)C(=O)N1Cc1cccs1. The summed E-state index contributed by atoms with van der Waals surface area (Å²) in [4.78, 5) is 30.3. The summed E-state index contributed by atoms with van der Waals surface area (Å²) in [5.41, 5.74) is 4.61. The molecule has 1 aliphatic carbocycles. The van der Waals surface area contributed by atoms with E-state index in [1.807, 2.05) is 90.3 Å². The third-order valence-electron chi connectivity index (χ3n) is 9.59. The zero-order chi connectivity index (χ0) is 33.2. The van der Waals surface area contributed by atoms with Crippen LogP contribution in [0.5, 0.6) is 11.5 Å². The Morgan fingerprint density at radius 3 is 2.52 bits per heavy atom. The molecule has 0 saturated carbocycles. The molecule has 0 spiro atoms. The van der Waals surface area contributed by atoms with Gasteiger partial charge in [0.25, 0.3) is 0 Å². The third-order valence-corrected chi connectivity index (χ3v) is 10.9. The van der Waals surface area contributed by atoms with Crippen molar-refractivity contribution in [3.8, 4) is 11.5 Å². The van der Waals surface area contributed by atoms with Gasteiger partial charge in [0.1, 0.15) is 18.1 Å². The summed E-state index contributed by atoms with van der Waals surface area (Å²) in [6.45, 7) is 0.519. The normalized spacial score (nSPS) is 22.6. The van der Waals surface area contributed by atoms with Crippen LogP contribution in [-0.4, -0.2) is 46.7 Å². The topological polar surface area (TPSA) is 96.3 Å². The van der Waals surface area contributed by atoms with Gasteiger partial charge >= 0.3 is 7.12 Å². The summed E-state index contributed by atoms with van der Waals surface area (Å²) in [5.74, 6) is -0.859. The van der Waals surface area contributed by atoms with E-state index in [9.17, 15) is 19.7 Å². The summed E-state index contributed by atoms with van der Waals surface area (Å²) in [7, 11) is -1.08. The number of amides is 2. The van der Waals surface area contributed by atoms with Crippen LogP contribution in [0.1, 0.15) is 35.3 Å². The minimum atomic E-state index is -1.08. The number of imide groups is 1. The predicted octanol–water partition coefficient (Wildman–Crippen LogP) is 7.61. The van der Waals surface area contributed by atoms with Gasteiger partial charge in [-0.2, -0.15) is 0 Å². The van der Waals surface area contributed by atoms with Crippen molar-refractivity contribution in [1.29, 1.82) is 0 Å². The number of rotatable bonds is 10. The Morgan fingerprint density at radius 1 is 1.00 bits per heavy atom. The Hall–Kier alpha value is -3.96. The van der Waals surface area contributed by atoms with E-state index in [-0.39, 0.29) is 43.0 Å². The van der Waals surface area contributed by atoms with Crippen molar-refractivity contribution in [2.24, 2.45) is 17.8 Å². The first-order chi connectivity index (χ1) is 23.4. The molecule has 0 bridgehead atoms. The number of carbonyl (C=O) groups is 2. The molecule has 2 N–H and O–H groups in total. The molecule has 7 rings (SSSR count). The number of carbonyl (C=O) groups excluding carboxylic acids is 2. The molecule has 2 fully saturated rings. The third kappa shape index (κ3) is 6.80. The Balaban J connectivity index is 1.23. The van der Waals surface area contributed by atoms with Crippen molar-refractivity contribution in [3.05, 3.63) is 128 Å². The lowest BCUT2D eigenvalue weighted by Crippen LogP contribution is -2.46. The quantitative estimate of drug-likeness (QED) is 0.0757. The molecule has 10 heteroatoms. The number of allylic oxidation sites excluding steroid dienone is 1. The van der Waals surface area contributed by atoms with Crippen molar-refractivity contribution >= 4 is 57.8 Å². The zero-order valence-electron chi connectivity index (χ0n) is 26.2. The van der Waals surface area contributed by atoms with Crippen molar-refractivity contribution in [2.75, 3.05) is 6.61 Å². The van der Waals surface area contributed by atoms with Crippen molar-refractivity contribution in [2.45, 2.75) is 38.2 Å². The van der Waals surface area contributed by atoms with Crippen LogP contribution in [0.15, 0.2) is 112 Å². The number of phenols is 1. The molecule has 3 aliphatic rings. The average molecular weight is 724 g/mol. The van der Waals surface area contributed by atoms with Crippen LogP contribution < -0.4 is 4.74 Å². The van der Waals surface area contributed by atoms with E-state index in [1.54, 1.807) is 12.1 Å². The van der Waals surface area contributed by atoms with Gasteiger partial charge in [-0.05, 0) is 102 Å². The summed E-state index contributed by atoms with van der Waals surface area (Å²) >= 11 is 5.04. The molecule has 48 heavy (non-hydrogen) atoms.